The summed E-state index contributed by atoms with van der Waals surface area (Å²) in [7, 11) is 0. The lowest BCUT2D eigenvalue weighted by atomic mass is 10.2. The van der Waals surface area contributed by atoms with E-state index in [0.717, 1.165) is 12.1 Å². The molecule has 1 aromatic heterocycles. The third-order valence-corrected chi connectivity index (χ3v) is 2.36. The first-order valence-corrected chi connectivity index (χ1v) is 5.16. The summed E-state index contributed by atoms with van der Waals surface area (Å²) < 4.78 is 14.5. The van der Waals surface area contributed by atoms with Crippen molar-refractivity contribution in [3.63, 3.8) is 0 Å². The maximum absolute atomic E-state index is 13.2. The second-order valence-electron chi connectivity index (χ2n) is 3.78. The number of carboxylic acid groups (broad SMARTS) is 1. The fraction of sp³-hybridized carbons (Fsp3) is 0.0909. The Morgan fingerprint density at radius 2 is 2.21 bits per heavy atom. The SMILES string of the molecule is O=C(O)c1ccn(Cc2cc(F)cc([N+](=O)[O-])c2)n1. The normalized spacial score (nSPS) is 10.4. The van der Waals surface area contributed by atoms with Crippen molar-refractivity contribution in [2.24, 2.45) is 0 Å². The summed E-state index contributed by atoms with van der Waals surface area (Å²) in [6.45, 7) is 0.0475. The highest BCUT2D eigenvalue weighted by Crippen LogP contribution is 2.17. The topological polar surface area (TPSA) is 98.3 Å². The fourth-order valence-electron chi connectivity index (χ4n) is 1.58. The van der Waals surface area contributed by atoms with E-state index in [1.807, 2.05) is 0 Å². The molecule has 0 radical (unpaired) electrons. The lowest BCUT2D eigenvalue weighted by molar-refractivity contribution is -0.385. The first-order chi connectivity index (χ1) is 8.95. The van der Waals surface area contributed by atoms with E-state index in [1.54, 1.807) is 0 Å². The molecule has 8 heteroatoms. The van der Waals surface area contributed by atoms with Crippen molar-refractivity contribution < 1.29 is 19.2 Å². The van der Waals surface area contributed by atoms with Crippen molar-refractivity contribution >= 4 is 11.7 Å². The molecule has 1 aromatic carbocycles. The molecule has 2 rings (SSSR count). The van der Waals surface area contributed by atoms with Gasteiger partial charge in [0.2, 0.25) is 0 Å². The van der Waals surface area contributed by atoms with E-state index in [1.165, 1.54) is 23.0 Å². The Bertz CT molecular complexity index is 653. The van der Waals surface area contributed by atoms with Gasteiger partial charge in [0, 0.05) is 12.3 Å². The number of benzene rings is 1. The molecular weight excluding hydrogens is 257 g/mol. The molecule has 0 atom stereocenters. The van der Waals surface area contributed by atoms with E-state index in [0.29, 0.717) is 5.56 Å². The predicted molar refractivity (Wildman–Crippen MR) is 61.3 cm³/mol. The molecule has 0 aliphatic heterocycles. The zero-order chi connectivity index (χ0) is 14.0. The van der Waals surface area contributed by atoms with Crippen LogP contribution in [0.4, 0.5) is 10.1 Å². The van der Waals surface area contributed by atoms with Crippen LogP contribution in [0.15, 0.2) is 30.5 Å². The minimum absolute atomic E-state index is 0.0475. The second-order valence-corrected chi connectivity index (χ2v) is 3.78. The Morgan fingerprint density at radius 1 is 1.47 bits per heavy atom. The van der Waals surface area contributed by atoms with Gasteiger partial charge in [0.25, 0.3) is 5.69 Å². The van der Waals surface area contributed by atoms with E-state index in [4.69, 9.17) is 5.11 Å². The first kappa shape index (κ1) is 12.7. The molecule has 0 fully saturated rings. The van der Waals surface area contributed by atoms with Crippen LogP contribution in [0.1, 0.15) is 16.1 Å². The highest BCUT2D eigenvalue weighted by Gasteiger charge is 2.11. The van der Waals surface area contributed by atoms with Crippen molar-refractivity contribution in [2.45, 2.75) is 6.54 Å². The summed E-state index contributed by atoms with van der Waals surface area (Å²) in [4.78, 5) is 20.5. The highest BCUT2D eigenvalue weighted by atomic mass is 19.1. The van der Waals surface area contributed by atoms with Gasteiger partial charge in [-0.05, 0) is 17.7 Å². The Kier molecular flexibility index (Phi) is 3.23. The standard InChI is InChI=1S/C11H8FN3O4/c12-8-3-7(4-9(5-8)15(18)19)6-14-2-1-10(13-14)11(16)17/h1-5H,6H2,(H,16,17). The number of non-ortho nitro benzene ring substituents is 1. The zero-order valence-corrected chi connectivity index (χ0v) is 9.49. The van der Waals surface area contributed by atoms with E-state index < -0.39 is 16.7 Å². The first-order valence-electron chi connectivity index (χ1n) is 5.16. The third-order valence-electron chi connectivity index (χ3n) is 2.36. The molecule has 1 N–H and O–H groups in total. The number of aromatic carboxylic acids is 1. The Balaban J connectivity index is 2.27. The molecule has 1 heterocycles. The maximum Gasteiger partial charge on any atom is 0.356 e. The van der Waals surface area contributed by atoms with Gasteiger partial charge in [-0.3, -0.25) is 14.8 Å². The van der Waals surface area contributed by atoms with Crippen molar-refractivity contribution in [2.75, 3.05) is 0 Å². The van der Waals surface area contributed by atoms with Gasteiger partial charge in [-0.15, -0.1) is 0 Å². The monoisotopic (exact) mass is 265 g/mol. The van der Waals surface area contributed by atoms with Crippen LogP contribution in [0.2, 0.25) is 0 Å². The number of carboxylic acids is 1. The molecule has 7 nitrogen and oxygen atoms in total. The largest absolute Gasteiger partial charge is 0.476 e. The van der Waals surface area contributed by atoms with E-state index in [-0.39, 0.29) is 17.9 Å². The quantitative estimate of drug-likeness (QED) is 0.669. The summed E-state index contributed by atoms with van der Waals surface area (Å²) in [6, 6.07) is 4.45. The van der Waals surface area contributed by atoms with Crippen molar-refractivity contribution in [3.8, 4) is 0 Å². The summed E-state index contributed by atoms with van der Waals surface area (Å²) in [5.41, 5.74) is -0.182. The second kappa shape index (κ2) is 4.84. The fourth-order valence-corrected chi connectivity index (χ4v) is 1.58. The Morgan fingerprint density at radius 3 is 2.79 bits per heavy atom. The molecule has 0 aliphatic carbocycles. The lowest BCUT2D eigenvalue weighted by Crippen LogP contribution is -2.04. The van der Waals surface area contributed by atoms with Gasteiger partial charge in [0.15, 0.2) is 5.69 Å². The lowest BCUT2D eigenvalue weighted by Gasteiger charge is -2.02. The Hall–Kier alpha value is -2.77. The van der Waals surface area contributed by atoms with Crippen LogP contribution in [-0.4, -0.2) is 25.8 Å². The summed E-state index contributed by atoms with van der Waals surface area (Å²) >= 11 is 0. The van der Waals surface area contributed by atoms with Gasteiger partial charge in [-0.25, -0.2) is 9.18 Å². The molecule has 19 heavy (non-hydrogen) atoms. The van der Waals surface area contributed by atoms with E-state index in [2.05, 4.69) is 5.10 Å². The molecule has 0 saturated heterocycles. The number of nitrogens with zero attached hydrogens (tertiary/aromatic N) is 3. The molecule has 0 saturated carbocycles. The zero-order valence-electron chi connectivity index (χ0n) is 9.49. The number of carbonyl (C=O) groups is 1. The Labute approximate surface area is 106 Å². The van der Waals surface area contributed by atoms with Crippen LogP contribution in [0.25, 0.3) is 0 Å². The number of nitro groups is 1. The van der Waals surface area contributed by atoms with Gasteiger partial charge >= 0.3 is 5.97 Å². The highest BCUT2D eigenvalue weighted by molar-refractivity contribution is 5.85. The van der Waals surface area contributed by atoms with Crippen molar-refractivity contribution in [1.82, 2.24) is 9.78 Å². The van der Waals surface area contributed by atoms with E-state index in [9.17, 15) is 19.3 Å². The molecule has 0 aliphatic rings. The number of aromatic nitrogens is 2. The third kappa shape index (κ3) is 2.92. The number of nitro benzene ring substituents is 1. The average molecular weight is 265 g/mol. The van der Waals surface area contributed by atoms with Crippen LogP contribution in [-0.2, 0) is 6.54 Å². The van der Waals surface area contributed by atoms with Gasteiger partial charge in [-0.2, -0.15) is 5.10 Å². The molecule has 0 spiro atoms. The summed E-state index contributed by atoms with van der Waals surface area (Å²) in [5.74, 6) is -1.90. The minimum Gasteiger partial charge on any atom is -0.476 e. The number of hydrogen-bond acceptors (Lipinski definition) is 4. The maximum atomic E-state index is 13.2. The molecule has 2 aromatic rings. The van der Waals surface area contributed by atoms with E-state index >= 15 is 0 Å². The van der Waals surface area contributed by atoms with Crippen LogP contribution in [0, 0.1) is 15.9 Å². The average Bonchev–Trinajstić information content (AvgIpc) is 2.76. The van der Waals surface area contributed by atoms with Gasteiger partial charge < -0.3 is 5.11 Å². The number of rotatable bonds is 4. The summed E-state index contributed by atoms with van der Waals surface area (Å²) in [5, 5.41) is 23.0. The van der Waals surface area contributed by atoms with Crippen LogP contribution in [0.3, 0.4) is 0 Å². The minimum atomic E-state index is -1.18. The number of hydrogen-bond donors (Lipinski definition) is 1. The van der Waals surface area contributed by atoms with Gasteiger partial charge in [0.1, 0.15) is 5.82 Å². The summed E-state index contributed by atoms with van der Waals surface area (Å²) in [6.07, 6.45) is 1.40. The van der Waals surface area contributed by atoms with Gasteiger partial charge in [-0.1, -0.05) is 0 Å². The smallest absolute Gasteiger partial charge is 0.356 e. The molecule has 0 amide bonds. The molecular formula is C11H8FN3O4. The van der Waals surface area contributed by atoms with Crippen LogP contribution >= 0.6 is 0 Å². The molecule has 0 bridgehead atoms. The van der Waals surface area contributed by atoms with Crippen LogP contribution in [0.5, 0.6) is 0 Å². The van der Waals surface area contributed by atoms with Crippen molar-refractivity contribution in [1.29, 1.82) is 0 Å². The number of halogens is 1. The van der Waals surface area contributed by atoms with Crippen LogP contribution < -0.4 is 0 Å². The molecule has 0 unspecified atom stereocenters. The van der Waals surface area contributed by atoms with Crippen molar-refractivity contribution in [3.05, 3.63) is 57.7 Å². The molecule has 98 valence electrons. The predicted octanol–water partition coefficient (Wildman–Crippen LogP) is 1.68. The van der Waals surface area contributed by atoms with Gasteiger partial charge in [0.05, 0.1) is 17.5 Å².